The maximum Gasteiger partial charge on any atom is 0.250 e. The first-order chi connectivity index (χ1) is 5.74. The van der Waals surface area contributed by atoms with Gasteiger partial charge in [0, 0.05) is 5.92 Å². The molecule has 12 heavy (non-hydrogen) atoms. The Hall–Kier alpha value is -1.12. The molecule has 2 amide bonds. The quantitative estimate of drug-likeness (QED) is 0.624. The van der Waals surface area contributed by atoms with E-state index in [4.69, 9.17) is 0 Å². The molecule has 1 N–H and O–H groups in total. The number of imide groups is 1. The van der Waals surface area contributed by atoms with Gasteiger partial charge in [0.25, 0.3) is 0 Å². The molecule has 1 rings (SSSR count). The summed E-state index contributed by atoms with van der Waals surface area (Å²) in [5.41, 5.74) is 0. The largest absolute Gasteiger partial charge is 0.293 e. The molecule has 0 unspecified atom stereocenters. The second-order valence-electron chi connectivity index (χ2n) is 2.98. The average molecular weight is 167 g/mol. The van der Waals surface area contributed by atoms with Crippen LogP contribution < -0.4 is 5.32 Å². The Morgan fingerprint density at radius 1 is 1.42 bits per heavy atom. The SMILES string of the molecule is C/C=C/C(=O)NC(=O)C1CCC1. The molecule has 0 aliphatic heterocycles. The van der Waals surface area contributed by atoms with Crippen LogP contribution in [0.5, 0.6) is 0 Å². The minimum Gasteiger partial charge on any atom is -0.293 e. The number of carbonyl (C=O) groups is 2. The van der Waals surface area contributed by atoms with Crippen LogP contribution in [0, 0.1) is 5.92 Å². The van der Waals surface area contributed by atoms with Gasteiger partial charge in [0.2, 0.25) is 11.8 Å². The highest BCUT2D eigenvalue weighted by Gasteiger charge is 2.25. The topological polar surface area (TPSA) is 46.2 Å². The first kappa shape index (κ1) is 8.97. The zero-order valence-corrected chi connectivity index (χ0v) is 7.17. The van der Waals surface area contributed by atoms with E-state index in [-0.39, 0.29) is 17.7 Å². The Morgan fingerprint density at radius 3 is 2.50 bits per heavy atom. The summed E-state index contributed by atoms with van der Waals surface area (Å²) in [5, 5.41) is 2.32. The number of hydrogen-bond acceptors (Lipinski definition) is 2. The van der Waals surface area contributed by atoms with E-state index in [0.29, 0.717) is 0 Å². The third kappa shape index (κ3) is 2.19. The summed E-state index contributed by atoms with van der Waals surface area (Å²) in [5.74, 6) is -0.349. The van der Waals surface area contributed by atoms with Crippen LogP contribution in [0.1, 0.15) is 26.2 Å². The average Bonchev–Trinajstić information content (AvgIpc) is 1.82. The predicted molar refractivity (Wildman–Crippen MR) is 45.3 cm³/mol. The summed E-state index contributed by atoms with van der Waals surface area (Å²) < 4.78 is 0. The fourth-order valence-electron chi connectivity index (χ4n) is 1.09. The molecule has 66 valence electrons. The van der Waals surface area contributed by atoms with Gasteiger partial charge >= 0.3 is 0 Å². The van der Waals surface area contributed by atoms with Crippen molar-refractivity contribution in [2.75, 3.05) is 0 Å². The standard InChI is InChI=1S/C9H13NO2/c1-2-4-8(11)10-9(12)7-5-3-6-7/h2,4,7H,3,5-6H2,1H3,(H,10,11,12)/b4-2+. The lowest BCUT2D eigenvalue weighted by Crippen LogP contribution is -2.37. The zero-order chi connectivity index (χ0) is 8.97. The highest BCUT2D eigenvalue weighted by Crippen LogP contribution is 2.25. The first-order valence-corrected chi connectivity index (χ1v) is 4.21. The van der Waals surface area contributed by atoms with Crippen LogP contribution in [0.3, 0.4) is 0 Å². The predicted octanol–water partition coefficient (Wildman–Crippen LogP) is 1.01. The minimum atomic E-state index is -0.311. The summed E-state index contributed by atoms with van der Waals surface area (Å²) in [7, 11) is 0. The Labute approximate surface area is 71.8 Å². The fourth-order valence-corrected chi connectivity index (χ4v) is 1.09. The molecule has 0 saturated heterocycles. The highest BCUT2D eigenvalue weighted by atomic mass is 16.2. The maximum atomic E-state index is 11.1. The van der Waals surface area contributed by atoms with Gasteiger partial charge in [-0.25, -0.2) is 0 Å². The molecule has 0 atom stereocenters. The van der Waals surface area contributed by atoms with Gasteiger partial charge in [0.15, 0.2) is 0 Å². The van der Waals surface area contributed by atoms with Gasteiger partial charge < -0.3 is 0 Å². The number of allylic oxidation sites excluding steroid dienone is 1. The van der Waals surface area contributed by atoms with Crippen molar-refractivity contribution < 1.29 is 9.59 Å². The van der Waals surface area contributed by atoms with Gasteiger partial charge in [-0.05, 0) is 25.8 Å². The highest BCUT2D eigenvalue weighted by molar-refractivity contribution is 6.01. The molecular weight excluding hydrogens is 154 g/mol. The number of amides is 2. The number of carbonyl (C=O) groups excluding carboxylic acids is 2. The van der Waals surface area contributed by atoms with E-state index >= 15 is 0 Å². The monoisotopic (exact) mass is 167 g/mol. The van der Waals surface area contributed by atoms with Crippen LogP contribution >= 0.6 is 0 Å². The molecule has 0 aromatic rings. The molecule has 0 aromatic carbocycles. The molecular formula is C9H13NO2. The van der Waals surface area contributed by atoms with Crippen LogP contribution in [-0.2, 0) is 9.59 Å². The Morgan fingerprint density at radius 2 is 2.08 bits per heavy atom. The Kier molecular flexibility index (Phi) is 3.02. The van der Waals surface area contributed by atoms with Crippen molar-refractivity contribution >= 4 is 11.8 Å². The third-order valence-corrected chi connectivity index (χ3v) is 2.04. The molecule has 0 spiro atoms. The summed E-state index contributed by atoms with van der Waals surface area (Å²) in [6.07, 6.45) is 5.93. The van der Waals surface area contributed by atoms with Gasteiger partial charge in [-0.15, -0.1) is 0 Å². The van der Waals surface area contributed by atoms with Crippen LogP contribution in [0.4, 0.5) is 0 Å². The van der Waals surface area contributed by atoms with E-state index in [0.717, 1.165) is 19.3 Å². The Balaban J connectivity index is 2.29. The lowest BCUT2D eigenvalue weighted by Gasteiger charge is -2.23. The first-order valence-electron chi connectivity index (χ1n) is 4.21. The Bertz CT molecular complexity index is 217. The van der Waals surface area contributed by atoms with Crippen LogP contribution in [0.25, 0.3) is 0 Å². The van der Waals surface area contributed by atoms with E-state index in [1.54, 1.807) is 13.0 Å². The molecule has 0 aromatic heterocycles. The lowest BCUT2D eigenvalue weighted by molar-refractivity contribution is -0.132. The second kappa shape index (κ2) is 4.04. The molecule has 3 heteroatoms. The van der Waals surface area contributed by atoms with Crippen LogP contribution in [0.15, 0.2) is 12.2 Å². The number of rotatable bonds is 2. The second-order valence-corrected chi connectivity index (χ2v) is 2.98. The smallest absolute Gasteiger partial charge is 0.250 e. The molecule has 0 heterocycles. The number of hydrogen-bond donors (Lipinski definition) is 1. The van der Waals surface area contributed by atoms with Crippen molar-refractivity contribution in [3.63, 3.8) is 0 Å². The maximum absolute atomic E-state index is 11.1. The van der Waals surface area contributed by atoms with Crippen molar-refractivity contribution in [1.82, 2.24) is 5.32 Å². The molecule has 1 aliphatic carbocycles. The normalized spacial score (nSPS) is 17.4. The van der Waals surface area contributed by atoms with Gasteiger partial charge in [0.05, 0.1) is 0 Å². The summed E-state index contributed by atoms with van der Waals surface area (Å²) >= 11 is 0. The zero-order valence-electron chi connectivity index (χ0n) is 7.17. The molecule has 1 aliphatic rings. The van der Waals surface area contributed by atoms with E-state index in [9.17, 15) is 9.59 Å². The van der Waals surface area contributed by atoms with Crippen molar-refractivity contribution in [3.05, 3.63) is 12.2 Å². The summed E-state index contributed by atoms with van der Waals surface area (Å²) in [4.78, 5) is 22.0. The van der Waals surface area contributed by atoms with Gasteiger partial charge in [-0.2, -0.15) is 0 Å². The van der Waals surface area contributed by atoms with Gasteiger partial charge in [-0.3, -0.25) is 14.9 Å². The molecule has 0 radical (unpaired) electrons. The number of nitrogens with one attached hydrogen (secondary N) is 1. The van der Waals surface area contributed by atoms with Crippen LogP contribution in [0.2, 0.25) is 0 Å². The summed E-state index contributed by atoms with van der Waals surface area (Å²) in [6, 6.07) is 0. The van der Waals surface area contributed by atoms with Crippen LogP contribution in [-0.4, -0.2) is 11.8 Å². The molecule has 0 bridgehead atoms. The summed E-state index contributed by atoms with van der Waals surface area (Å²) in [6.45, 7) is 1.74. The lowest BCUT2D eigenvalue weighted by atomic mass is 9.85. The van der Waals surface area contributed by atoms with E-state index in [1.807, 2.05) is 0 Å². The van der Waals surface area contributed by atoms with E-state index < -0.39 is 0 Å². The van der Waals surface area contributed by atoms with Crippen molar-refractivity contribution in [1.29, 1.82) is 0 Å². The van der Waals surface area contributed by atoms with Gasteiger partial charge in [-0.1, -0.05) is 12.5 Å². The third-order valence-electron chi connectivity index (χ3n) is 2.04. The van der Waals surface area contributed by atoms with E-state index in [2.05, 4.69) is 5.32 Å². The fraction of sp³-hybridized carbons (Fsp3) is 0.556. The van der Waals surface area contributed by atoms with Crippen molar-refractivity contribution in [2.45, 2.75) is 26.2 Å². The minimum absolute atomic E-state index is 0.0826. The van der Waals surface area contributed by atoms with Gasteiger partial charge in [0.1, 0.15) is 0 Å². The molecule has 1 fully saturated rings. The molecule has 1 saturated carbocycles. The van der Waals surface area contributed by atoms with E-state index in [1.165, 1.54) is 6.08 Å². The van der Waals surface area contributed by atoms with Crippen molar-refractivity contribution in [2.24, 2.45) is 5.92 Å². The molecule has 3 nitrogen and oxygen atoms in total. The van der Waals surface area contributed by atoms with Crippen molar-refractivity contribution in [3.8, 4) is 0 Å².